The van der Waals surface area contributed by atoms with E-state index in [1.54, 1.807) is 0 Å². The monoisotopic (exact) mass is 398 g/mol. The molecule has 2 aromatic heterocycles. The molecule has 0 radical (unpaired) electrons. The molecule has 3 heterocycles. The summed E-state index contributed by atoms with van der Waals surface area (Å²) in [5, 5.41) is 10.1. The highest BCUT2D eigenvalue weighted by Crippen LogP contribution is 2.40. The number of rotatable bonds is 3. The number of aromatic nitrogens is 4. The maximum Gasteiger partial charge on any atom is 0.253 e. The first kappa shape index (κ1) is 17.4. The largest absolute Gasteiger partial charge is 0.338 e. The summed E-state index contributed by atoms with van der Waals surface area (Å²) in [4.78, 5) is 22.0. The van der Waals surface area contributed by atoms with Crippen LogP contribution in [0.2, 0.25) is 0 Å². The normalized spacial score (nSPS) is 17.1. The number of fused-ring (bicyclic) bond motifs is 3. The van der Waals surface area contributed by atoms with Gasteiger partial charge in [0.2, 0.25) is 5.95 Å². The molecule has 2 fully saturated rings. The predicted molar refractivity (Wildman–Crippen MR) is 115 cm³/mol. The number of anilines is 1. The van der Waals surface area contributed by atoms with Gasteiger partial charge in [-0.15, -0.1) is 10.2 Å². The van der Waals surface area contributed by atoms with Crippen LogP contribution >= 0.6 is 0 Å². The third-order valence-electron chi connectivity index (χ3n) is 6.07. The molecule has 0 bridgehead atoms. The molecule has 1 amide bonds. The molecule has 0 N–H and O–H groups in total. The lowest BCUT2D eigenvalue weighted by Crippen LogP contribution is -2.49. The van der Waals surface area contributed by atoms with Crippen LogP contribution in [-0.4, -0.2) is 56.6 Å². The average Bonchev–Trinajstić information content (AvgIpc) is 3.56. The van der Waals surface area contributed by atoms with Crippen LogP contribution < -0.4 is 4.90 Å². The van der Waals surface area contributed by atoms with E-state index in [9.17, 15) is 4.79 Å². The molecule has 0 atom stereocenters. The molecule has 0 unspecified atom stereocenters. The molecule has 30 heavy (non-hydrogen) atoms. The number of carbonyl (C=O) groups is 1. The smallest absolute Gasteiger partial charge is 0.253 e. The van der Waals surface area contributed by atoms with Crippen molar-refractivity contribution in [2.24, 2.45) is 0 Å². The third-order valence-corrected chi connectivity index (χ3v) is 6.07. The van der Waals surface area contributed by atoms with Crippen LogP contribution in [0, 0.1) is 0 Å². The fraction of sp³-hybridized carbons (Fsp3) is 0.304. The Labute approximate surface area is 174 Å². The zero-order valence-electron chi connectivity index (χ0n) is 16.6. The molecule has 2 aromatic carbocycles. The molecule has 1 aliphatic heterocycles. The maximum absolute atomic E-state index is 12.8. The minimum atomic E-state index is 0.0924. The zero-order valence-corrected chi connectivity index (χ0v) is 16.6. The van der Waals surface area contributed by atoms with Gasteiger partial charge in [0.25, 0.3) is 5.91 Å². The van der Waals surface area contributed by atoms with E-state index in [2.05, 4.69) is 25.6 Å². The average molecular weight is 398 g/mol. The van der Waals surface area contributed by atoms with Gasteiger partial charge in [-0.25, -0.2) is 9.38 Å². The van der Waals surface area contributed by atoms with Crippen molar-refractivity contribution in [3.05, 3.63) is 66.0 Å². The summed E-state index contributed by atoms with van der Waals surface area (Å²) in [5.41, 5.74) is 2.55. The highest BCUT2D eigenvalue weighted by atomic mass is 16.2. The summed E-state index contributed by atoms with van der Waals surface area (Å²) in [5.74, 6) is 2.47. The van der Waals surface area contributed by atoms with Gasteiger partial charge in [-0.3, -0.25) is 4.79 Å². The highest BCUT2D eigenvalue weighted by Gasteiger charge is 2.32. The minimum Gasteiger partial charge on any atom is -0.338 e. The lowest BCUT2D eigenvalue weighted by atomic mass is 10.2. The predicted octanol–water partition coefficient (Wildman–Crippen LogP) is 3.12. The molecule has 0 spiro atoms. The van der Waals surface area contributed by atoms with Crippen molar-refractivity contribution in [1.29, 1.82) is 0 Å². The molecular weight excluding hydrogens is 376 g/mol. The van der Waals surface area contributed by atoms with Gasteiger partial charge in [-0.2, -0.15) is 0 Å². The molecule has 1 saturated heterocycles. The van der Waals surface area contributed by atoms with Crippen molar-refractivity contribution < 1.29 is 4.79 Å². The van der Waals surface area contributed by atoms with Crippen LogP contribution in [0.4, 0.5) is 5.95 Å². The number of nitrogens with zero attached hydrogens (tertiary/aromatic N) is 6. The number of carbonyl (C=O) groups excluding carboxylic acids is 1. The van der Waals surface area contributed by atoms with Crippen molar-refractivity contribution in [3.63, 3.8) is 0 Å². The lowest BCUT2D eigenvalue weighted by Gasteiger charge is -2.35. The number of hydrogen-bond donors (Lipinski definition) is 0. The molecule has 7 nitrogen and oxygen atoms in total. The first-order chi connectivity index (χ1) is 14.8. The molecule has 1 aliphatic carbocycles. The number of piperazine rings is 1. The highest BCUT2D eigenvalue weighted by molar-refractivity contribution is 5.94. The van der Waals surface area contributed by atoms with Gasteiger partial charge in [0.1, 0.15) is 5.82 Å². The minimum absolute atomic E-state index is 0.0924. The zero-order chi connectivity index (χ0) is 20.1. The molecular formula is C23H22N6O. The number of benzene rings is 2. The third kappa shape index (κ3) is 2.81. The van der Waals surface area contributed by atoms with Crippen LogP contribution in [-0.2, 0) is 0 Å². The number of amides is 1. The summed E-state index contributed by atoms with van der Waals surface area (Å²) < 4.78 is 2.15. The van der Waals surface area contributed by atoms with E-state index in [0.29, 0.717) is 19.0 Å². The Bertz CT molecular complexity index is 1240. The van der Waals surface area contributed by atoms with E-state index in [1.807, 2.05) is 53.4 Å². The fourth-order valence-electron chi connectivity index (χ4n) is 4.28. The van der Waals surface area contributed by atoms with E-state index in [-0.39, 0.29) is 5.91 Å². The maximum atomic E-state index is 12.8. The Morgan fingerprint density at radius 3 is 2.37 bits per heavy atom. The first-order valence-electron chi connectivity index (χ1n) is 10.5. The van der Waals surface area contributed by atoms with E-state index in [4.69, 9.17) is 4.98 Å². The van der Waals surface area contributed by atoms with Gasteiger partial charge in [0, 0.05) is 43.0 Å². The van der Waals surface area contributed by atoms with E-state index < -0.39 is 0 Å². The second-order valence-corrected chi connectivity index (χ2v) is 8.07. The van der Waals surface area contributed by atoms with Gasteiger partial charge in [0.15, 0.2) is 5.65 Å². The van der Waals surface area contributed by atoms with E-state index >= 15 is 0 Å². The lowest BCUT2D eigenvalue weighted by molar-refractivity contribution is 0.0746. The number of para-hydroxylation sites is 1. The van der Waals surface area contributed by atoms with Gasteiger partial charge in [-0.1, -0.05) is 30.3 Å². The van der Waals surface area contributed by atoms with Crippen molar-refractivity contribution in [2.75, 3.05) is 31.1 Å². The molecule has 7 heteroatoms. The van der Waals surface area contributed by atoms with E-state index in [0.717, 1.165) is 59.8 Å². The Hall–Kier alpha value is -3.48. The topological polar surface area (TPSA) is 66.6 Å². The van der Waals surface area contributed by atoms with Gasteiger partial charge < -0.3 is 9.80 Å². The van der Waals surface area contributed by atoms with Crippen LogP contribution in [0.1, 0.15) is 34.9 Å². The molecule has 1 saturated carbocycles. The van der Waals surface area contributed by atoms with Gasteiger partial charge in [0.05, 0.1) is 5.52 Å². The molecule has 150 valence electrons. The summed E-state index contributed by atoms with van der Waals surface area (Å²) in [6.45, 7) is 2.82. The fourth-order valence-corrected chi connectivity index (χ4v) is 4.28. The summed E-state index contributed by atoms with van der Waals surface area (Å²) in [7, 11) is 0. The summed E-state index contributed by atoms with van der Waals surface area (Å²) in [6.07, 6.45) is 2.32. The molecule has 4 aromatic rings. The second kappa shape index (κ2) is 6.79. The number of hydrogen-bond acceptors (Lipinski definition) is 5. The van der Waals surface area contributed by atoms with Gasteiger partial charge >= 0.3 is 0 Å². The Morgan fingerprint density at radius 1 is 0.867 bits per heavy atom. The van der Waals surface area contributed by atoms with Gasteiger partial charge in [-0.05, 0) is 37.1 Å². The Morgan fingerprint density at radius 2 is 1.60 bits per heavy atom. The van der Waals surface area contributed by atoms with E-state index in [1.165, 1.54) is 0 Å². The summed E-state index contributed by atoms with van der Waals surface area (Å²) in [6, 6.07) is 17.6. The molecule has 2 aliphatic rings. The molecule has 6 rings (SSSR count). The van der Waals surface area contributed by atoms with Crippen LogP contribution in [0.25, 0.3) is 16.6 Å². The second-order valence-electron chi connectivity index (χ2n) is 8.07. The van der Waals surface area contributed by atoms with Crippen molar-refractivity contribution >= 4 is 28.4 Å². The standard InChI is InChI=1S/C23H22N6O/c30-22(17-6-2-1-3-7-17)27-12-14-28(15-13-27)23-24-19-9-5-4-8-18(19)21-26-25-20(29(21)23)16-10-11-16/h1-9,16H,10-15H2. The quantitative estimate of drug-likeness (QED) is 0.530. The van der Waals surface area contributed by atoms with Crippen molar-refractivity contribution in [2.45, 2.75) is 18.8 Å². The van der Waals surface area contributed by atoms with Crippen LogP contribution in [0.5, 0.6) is 0 Å². The van der Waals surface area contributed by atoms with Crippen LogP contribution in [0.3, 0.4) is 0 Å². The van der Waals surface area contributed by atoms with Crippen molar-refractivity contribution in [1.82, 2.24) is 24.5 Å². The Kier molecular flexibility index (Phi) is 3.94. The first-order valence-corrected chi connectivity index (χ1v) is 10.5. The van der Waals surface area contributed by atoms with Crippen LogP contribution in [0.15, 0.2) is 54.6 Å². The summed E-state index contributed by atoms with van der Waals surface area (Å²) >= 11 is 0. The SMILES string of the molecule is O=C(c1ccccc1)N1CCN(c2nc3ccccc3c3nnc(C4CC4)n23)CC1. The Balaban J connectivity index is 1.34. The van der Waals surface area contributed by atoms with Crippen molar-refractivity contribution in [3.8, 4) is 0 Å².